The normalized spacial score (nSPS) is 10.7. The van der Waals surface area contributed by atoms with Crippen LogP contribution >= 0.6 is 0 Å². The van der Waals surface area contributed by atoms with Gasteiger partial charge in [-0.15, -0.1) is 0 Å². The first-order valence-electron chi connectivity index (χ1n) is 5.92. The molecular formula is C14H14FNO3. The largest absolute Gasteiger partial charge is 0.481 e. The summed E-state index contributed by atoms with van der Waals surface area (Å²) < 4.78 is 18.7. The molecule has 0 radical (unpaired) electrons. The van der Waals surface area contributed by atoms with Crippen molar-refractivity contribution in [2.75, 3.05) is 0 Å². The Hall–Kier alpha value is -2.17. The second-order valence-electron chi connectivity index (χ2n) is 4.40. The van der Waals surface area contributed by atoms with Gasteiger partial charge < -0.3 is 9.63 Å². The summed E-state index contributed by atoms with van der Waals surface area (Å²) in [5.41, 5.74) is 2.74. The minimum absolute atomic E-state index is 0.0953. The van der Waals surface area contributed by atoms with E-state index in [2.05, 4.69) is 5.16 Å². The maximum Gasteiger partial charge on any atom is 0.303 e. The predicted octanol–water partition coefficient (Wildman–Crippen LogP) is 3.11. The van der Waals surface area contributed by atoms with E-state index in [1.54, 1.807) is 19.1 Å². The lowest BCUT2D eigenvalue weighted by atomic mass is 9.99. The summed E-state index contributed by atoms with van der Waals surface area (Å²) in [5, 5.41) is 12.5. The van der Waals surface area contributed by atoms with Gasteiger partial charge >= 0.3 is 5.97 Å². The zero-order chi connectivity index (χ0) is 14.0. The van der Waals surface area contributed by atoms with Gasteiger partial charge in [0, 0.05) is 12.0 Å². The van der Waals surface area contributed by atoms with Gasteiger partial charge in [0.1, 0.15) is 11.6 Å². The van der Waals surface area contributed by atoms with E-state index in [-0.39, 0.29) is 12.8 Å². The Bertz CT molecular complexity index is 600. The Kier molecular flexibility index (Phi) is 3.64. The van der Waals surface area contributed by atoms with E-state index in [1.165, 1.54) is 6.07 Å². The first-order valence-corrected chi connectivity index (χ1v) is 5.92. The van der Waals surface area contributed by atoms with Crippen LogP contribution < -0.4 is 0 Å². The highest BCUT2D eigenvalue weighted by Crippen LogP contribution is 2.28. The van der Waals surface area contributed by atoms with E-state index in [1.807, 2.05) is 6.92 Å². The Balaban J connectivity index is 2.38. The quantitative estimate of drug-likeness (QED) is 0.920. The molecular weight excluding hydrogens is 249 g/mol. The third-order valence-electron chi connectivity index (χ3n) is 2.98. The molecule has 5 heteroatoms. The number of hydrogen-bond acceptors (Lipinski definition) is 3. The molecule has 1 heterocycles. The fourth-order valence-corrected chi connectivity index (χ4v) is 2.06. The van der Waals surface area contributed by atoms with E-state index in [4.69, 9.17) is 9.63 Å². The molecule has 0 spiro atoms. The number of benzene rings is 1. The number of hydrogen-bond donors (Lipinski definition) is 1. The van der Waals surface area contributed by atoms with Crippen molar-refractivity contribution in [3.63, 3.8) is 0 Å². The van der Waals surface area contributed by atoms with Crippen LogP contribution in [0.25, 0.3) is 11.1 Å². The Labute approximate surface area is 109 Å². The van der Waals surface area contributed by atoms with Crippen LogP contribution in [0.15, 0.2) is 22.7 Å². The van der Waals surface area contributed by atoms with Gasteiger partial charge in [0.25, 0.3) is 0 Å². The zero-order valence-electron chi connectivity index (χ0n) is 10.7. The molecule has 0 fully saturated rings. The van der Waals surface area contributed by atoms with Crippen LogP contribution in [0.4, 0.5) is 4.39 Å². The summed E-state index contributed by atoms with van der Waals surface area (Å²) >= 11 is 0. The lowest BCUT2D eigenvalue weighted by Crippen LogP contribution is -2.00. The molecule has 2 aromatic rings. The molecule has 0 bridgehead atoms. The monoisotopic (exact) mass is 263 g/mol. The van der Waals surface area contributed by atoms with Crippen molar-refractivity contribution < 1.29 is 18.8 Å². The average molecular weight is 263 g/mol. The summed E-state index contributed by atoms with van der Waals surface area (Å²) in [4.78, 5) is 10.6. The van der Waals surface area contributed by atoms with E-state index in [0.717, 1.165) is 16.8 Å². The molecule has 0 atom stereocenters. The first-order chi connectivity index (χ1) is 8.99. The van der Waals surface area contributed by atoms with Gasteiger partial charge in [-0.05, 0) is 43.5 Å². The highest BCUT2D eigenvalue weighted by molar-refractivity contribution is 5.69. The van der Waals surface area contributed by atoms with Crippen molar-refractivity contribution in [1.82, 2.24) is 5.16 Å². The smallest absolute Gasteiger partial charge is 0.303 e. The Morgan fingerprint density at radius 1 is 1.42 bits per heavy atom. The molecule has 0 saturated heterocycles. The van der Waals surface area contributed by atoms with Gasteiger partial charge in [-0.1, -0.05) is 11.2 Å². The average Bonchev–Trinajstić information content (AvgIpc) is 2.68. The topological polar surface area (TPSA) is 63.3 Å². The standard InChI is InChI=1S/C14H14FNO3/c1-8-14(9(2)19-16-8)11-3-5-12(15)10(7-11)4-6-13(17)18/h3,5,7H,4,6H2,1-2H3,(H,17,18). The summed E-state index contributed by atoms with van der Waals surface area (Å²) in [6, 6.07) is 4.65. The lowest BCUT2D eigenvalue weighted by molar-refractivity contribution is -0.136. The Morgan fingerprint density at radius 2 is 2.16 bits per heavy atom. The van der Waals surface area contributed by atoms with Crippen LogP contribution in [-0.2, 0) is 11.2 Å². The van der Waals surface area contributed by atoms with E-state index >= 15 is 0 Å². The van der Waals surface area contributed by atoms with Crippen molar-refractivity contribution in [2.24, 2.45) is 0 Å². The van der Waals surface area contributed by atoms with Gasteiger partial charge in [-0.25, -0.2) is 4.39 Å². The molecule has 1 N–H and O–H groups in total. The molecule has 0 amide bonds. The van der Waals surface area contributed by atoms with E-state index in [0.29, 0.717) is 11.3 Å². The summed E-state index contributed by atoms with van der Waals surface area (Å²) in [5.74, 6) is -0.674. The molecule has 0 saturated carbocycles. The van der Waals surface area contributed by atoms with Crippen molar-refractivity contribution in [3.05, 3.63) is 41.0 Å². The predicted molar refractivity (Wildman–Crippen MR) is 67.3 cm³/mol. The maximum atomic E-state index is 13.6. The van der Waals surface area contributed by atoms with E-state index < -0.39 is 11.8 Å². The number of aryl methyl sites for hydroxylation is 3. The summed E-state index contributed by atoms with van der Waals surface area (Å²) in [6.45, 7) is 3.60. The van der Waals surface area contributed by atoms with Crippen LogP contribution in [0.5, 0.6) is 0 Å². The van der Waals surface area contributed by atoms with Gasteiger partial charge in [0.05, 0.1) is 5.69 Å². The number of carbonyl (C=O) groups is 1. The van der Waals surface area contributed by atoms with Crippen molar-refractivity contribution in [3.8, 4) is 11.1 Å². The molecule has 0 aliphatic carbocycles. The molecule has 0 aliphatic heterocycles. The number of aromatic nitrogens is 1. The fourth-order valence-electron chi connectivity index (χ4n) is 2.06. The van der Waals surface area contributed by atoms with Crippen molar-refractivity contribution in [2.45, 2.75) is 26.7 Å². The van der Waals surface area contributed by atoms with Crippen LogP contribution in [-0.4, -0.2) is 16.2 Å². The minimum atomic E-state index is -0.942. The van der Waals surface area contributed by atoms with Crippen LogP contribution in [0, 0.1) is 19.7 Å². The lowest BCUT2D eigenvalue weighted by Gasteiger charge is -2.06. The molecule has 2 rings (SSSR count). The van der Waals surface area contributed by atoms with Crippen LogP contribution in [0.2, 0.25) is 0 Å². The number of nitrogens with zero attached hydrogens (tertiary/aromatic N) is 1. The zero-order valence-corrected chi connectivity index (χ0v) is 10.7. The maximum absolute atomic E-state index is 13.6. The van der Waals surface area contributed by atoms with Crippen LogP contribution in [0.3, 0.4) is 0 Å². The molecule has 100 valence electrons. The third-order valence-corrected chi connectivity index (χ3v) is 2.98. The van der Waals surface area contributed by atoms with E-state index in [9.17, 15) is 9.18 Å². The number of carboxylic acid groups (broad SMARTS) is 1. The second kappa shape index (κ2) is 5.22. The van der Waals surface area contributed by atoms with Crippen molar-refractivity contribution >= 4 is 5.97 Å². The third kappa shape index (κ3) is 2.81. The second-order valence-corrected chi connectivity index (χ2v) is 4.40. The van der Waals surface area contributed by atoms with Gasteiger partial charge in [0.2, 0.25) is 0 Å². The molecule has 0 aliphatic rings. The molecule has 1 aromatic carbocycles. The van der Waals surface area contributed by atoms with Gasteiger partial charge in [-0.2, -0.15) is 0 Å². The number of aliphatic carboxylic acids is 1. The highest BCUT2D eigenvalue weighted by atomic mass is 19.1. The number of rotatable bonds is 4. The summed E-state index contributed by atoms with van der Waals surface area (Å²) in [6.07, 6.45) is 0.0698. The van der Waals surface area contributed by atoms with Crippen molar-refractivity contribution in [1.29, 1.82) is 0 Å². The SMILES string of the molecule is Cc1noc(C)c1-c1ccc(F)c(CCC(=O)O)c1. The first kappa shape index (κ1) is 13.3. The Morgan fingerprint density at radius 3 is 2.74 bits per heavy atom. The number of halogens is 1. The van der Waals surface area contributed by atoms with Gasteiger partial charge in [0.15, 0.2) is 0 Å². The molecule has 1 aromatic heterocycles. The van der Waals surface area contributed by atoms with Gasteiger partial charge in [-0.3, -0.25) is 4.79 Å². The molecule has 19 heavy (non-hydrogen) atoms. The minimum Gasteiger partial charge on any atom is -0.481 e. The fraction of sp³-hybridized carbons (Fsp3) is 0.286. The molecule has 0 unspecified atom stereocenters. The van der Waals surface area contributed by atoms with Crippen LogP contribution in [0.1, 0.15) is 23.4 Å². The molecule has 4 nitrogen and oxygen atoms in total. The number of carboxylic acids is 1. The highest BCUT2D eigenvalue weighted by Gasteiger charge is 2.14. The summed E-state index contributed by atoms with van der Waals surface area (Å²) in [7, 11) is 0.